The summed E-state index contributed by atoms with van der Waals surface area (Å²) in [6.07, 6.45) is 5.12. The third kappa shape index (κ3) is 3.09. The highest BCUT2D eigenvalue weighted by Gasteiger charge is 2.16. The van der Waals surface area contributed by atoms with Gasteiger partial charge in [0.25, 0.3) is 0 Å². The summed E-state index contributed by atoms with van der Waals surface area (Å²) >= 11 is 0. The Bertz CT molecular complexity index is 1010. The number of hydrogen-bond acceptors (Lipinski definition) is 5. The minimum absolute atomic E-state index is 0.579. The van der Waals surface area contributed by atoms with Crippen molar-refractivity contribution in [2.75, 3.05) is 5.32 Å². The number of anilines is 1. The summed E-state index contributed by atoms with van der Waals surface area (Å²) in [7, 11) is 0. The van der Waals surface area contributed by atoms with Gasteiger partial charge in [0.1, 0.15) is 0 Å². The monoisotopic (exact) mass is 345 g/mol. The average molecular weight is 345 g/mol. The van der Waals surface area contributed by atoms with Gasteiger partial charge in [0.05, 0.1) is 35.3 Å². The highest BCUT2D eigenvalue weighted by molar-refractivity contribution is 5.66. The van der Waals surface area contributed by atoms with Crippen LogP contribution in [0.15, 0.2) is 65.6 Å². The van der Waals surface area contributed by atoms with E-state index in [0.717, 1.165) is 33.9 Å². The summed E-state index contributed by atoms with van der Waals surface area (Å²) in [6.45, 7) is 4.67. The zero-order chi connectivity index (χ0) is 17.9. The summed E-state index contributed by atoms with van der Waals surface area (Å²) < 4.78 is 7.03. The average Bonchev–Trinajstić information content (AvgIpc) is 3.29. The van der Waals surface area contributed by atoms with Gasteiger partial charge < -0.3 is 9.73 Å². The Hall–Kier alpha value is -3.41. The molecule has 0 bridgehead atoms. The first-order chi connectivity index (χ1) is 12.7. The van der Waals surface area contributed by atoms with E-state index in [1.165, 1.54) is 0 Å². The minimum atomic E-state index is 0.579. The van der Waals surface area contributed by atoms with Gasteiger partial charge in [-0.1, -0.05) is 18.2 Å². The van der Waals surface area contributed by atoms with Crippen LogP contribution >= 0.6 is 0 Å². The molecule has 0 saturated heterocycles. The van der Waals surface area contributed by atoms with Crippen molar-refractivity contribution in [2.24, 2.45) is 0 Å². The number of aryl methyl sites for hydroxylation is 1. The van der Waals surface area contributed by atoms with Crippen molar-refractivity contribution in [3.8, 4) is 16.9 Å². The van der Waals surface area contributed by atoms with Crippen molar-refractivity contribution < 1.29 is 4.42 Å². The second kappa shape index (κ2) is 6.84. The van der Waals surface area contributed by atoms with Gasteiger partial charge in [-0.05, 0) is 38.1 Å². The van der Waals surface area contributed by atoms with Crippen LogP contribution in [0.1, 0.15) is 17.0 Å². The third-order valence-electron chi connectivity index (χ3n) is 4.23. The van der Waals surface area contributed by atoms with Crippen LogP contribution in [0.3, 0.4) is 0 Å². The quantitative estimate of drug-likeness (QED) is 0.588. The number of benzene rings is 1. The number of furan rings is 1. The molecule has 3 heterocycles. The van der Waals surface area contributed by atoms with Crippen LogP contribution in [-0.4, -0.2) is 19.7 Å². The predicted molar refractivity (Wildman–Crippen MR) is 100 cm³/mol. The molecule has 6 heteroatoms. The number of nitrogens with zero attached hydrogens (tertiary/aromatic N) is 4. The molecule has 0 aliphatic carbocycles. The Morgan fingerprint density at radius 3 is 2.69 bits per heavy atom. The van der Waals surface area contributed by atoms with E-state index in [4.69, 9.17) is 9.52 Å². The van der Waals surface area contributed by atoms with E-state index in [2.05, 4.69) is 22.2 Å². The van der Waals surface area contributed by atoms with Crippen LogP contribution < -0.4 is 5.32 Å². The summed E-state index contributed by atoms with van der Waals surface area (Å²) in [6, 6.07) is 13.9. The summed E-state index contributed by atoms with van der Waals surface area (Å²) in [5.74, 6) is 0.579. The molecule has 0 atom stereocenters. The van der Waals surface area contributed by atoms with E-state index in [0.29, 0.717) is 12.5 Å². The summed E-state index contributed by atoms with van der Waals surface area (Å²) in [5, 5.41) is 7.92. The van der Waals surface area contributed by atoms with Crippen LogP contribution in [0, 0.1) is 13.8 Å². The fourth-order valence-electron chi connectivity index (χ4n) is 2.99. The molecule has 0 radical (unpaired) electrons. The second-order valence-electron chi connectivity index (χ2n) is 6.04. The first-order valence-electron chi connectivity index (χ1n) is 8.42. The fourth-order valence-corrected chi connectivity index (χ4v) is 2.99. The van der Waals surface area contributed by atoms with Gasteiger partial charge in [-0.25, -0.2) is 14.6 Å². The van der Waals surface area contributed by atoms with Crippen LogP contribution in [0.2, 0.25) is 0 Å². The Morgan fingerprint density at radius 1 is 1.08 bits per heavy atom. The highest BCUT2D eigenvalue weighted by Crippen LogP contribution is 2.27. The van der Waals surface area contributed by atoms with Crippen LogP contribution in [-0.2, 0) is 6.54 Å². The van der Waals surface area contributed by atoms with Crippen molar-refractivity contribution in [1.29, 1.82) is 0 Å². The number of rotatable bonds is 5. The van der Waals surface area contributed by atoms with Gasteiger partial charge in [0.2, 0.25) is 5.95 Å². The van der Waals surface area contributed by atoms with E-state index in [1.807, 2.05) is 54.1 Å². The normalized spacial score (nSPS) is 10.8. The smallest absolute Gasteiger partial charge is 0.223 e. The lowest BCUT2D eigenvalue weighted by Crippen LogP contribution is -2.03. The molecule has 0 saturated carbocycles. The molecule has 0 aliphatic heterocycles. The summed E-state index contributed by atoms with van der Waals surface area (Å²) in [5.41, 5.74) is 5.95. The summed E-state index contributed by atoms with van der Waals surface area (Å²) in [4.78, 5) is 8.97. The maximum Gasteiger partial charge on any atom is 0.223 e. The minimum Gasteiger partial charge on any atom is -0.472 e. The maximum atomic E-state index is 5.08. The Labute approximate surface area is 151 Å². The number of aromatic nitrogens is 4. The van der Waals surface area contributed by atoms with E-state index in [-0.39, 0.29) is 0 Å². The molecule has 4 rings (SSSR count). The zero-order valence-corrected chi connectivity index (χ0v) is 14.7. The standard InChI is InChI=1S/C20H19N5O/c1-14-19(15(2)25(24-14)17-6-4-3-5-7-17)18-8-10-21-20(23-18)22-12-16-9-11-26-13-16/h3-11,13H,12H2,1-2H3,(H,21,22,23). The third-order valence-corrected chi connectivity index (χ3v) is 4.23. The Morgan fingerprint density at radius 2 is 1.92 bits per heavy atom. The number of nitrogens with one attached hydrogen (secondary N) is 1. The number of para-hydroxylation sites is 1. The van der Waals surface area contributed by atoms with Gasteiger partial charge in [0, 0.05) is 23.9 Å². The molecule has 0 aliphatic rings. The molecule has 1 N–H and O–H groups in total. The molecule has 130 valence electrons. The molecule has 0 amide bonds. The zero-order valence-electron chi connectivity index (χ0n) is 14.7. The van der Waals surface area contributed by atoms with Crippen molar-refractivity contribution in [1.82, 2.24) is 19.7 Å². The molecule has 0 unspecified atom stereocenters. The van der Waals surface area contributed by atoms with E-state index < -0.39 is 0 Å². The van der Waals surface area contributed by atoms with Gasteiger partial charge >= 0.3 is 0 Å². The Balaban J connectivity index is 1.65. The number of hydrogen-bond donors (Lipinski definition) is 1. The topological polar surface area (TPSA) is 68.8 Å². The van der Waals surface area contributed by atoms with Crippen LogP contribution in [0.5, 0.6) is 0 Å². The van der Waals surface area contributed by atoms with Gasteiger partial charge in [-0.15, -0.1) is 0 Å². The van der Waals surface area contributed by atoms with Gasteiger partial charge in [-0.2, -0.15) is 5.10 Å². The molecular formula is C20H19N5O. The lowest BCUT2D eigenvalue weighted by Gasteiger charge is -2.07. The van der Waals surface area contributed by atoms with E-state index in [1.54, 1.807) is 18.7 Å². The fraction of sp³-hybridized carbons (Fsp3) is 0.150. The largest absolute Gasteiger partial charge is 0.472 e. The molecule has 3 aromatic heterocycles. The first kappa shape index (κ1) is 16.1. The van der Waals surface area contributed by atoms with E-state index in [9.17, 15) is 0 Å². The lowest BCUT2D eigenvalue weighted by atomic mass is 10.1. The predicted octanol–water partition coefficient (Wildman–Crippen LogP) is 4.15. The van der Waals surface area contributed by atoms with Gasteiger partial charge in [-0.3, -0.25) is 0 Å². The van der Waals surface area contributed by atoms with Crippen molar-refractivity contribution in [3.63, 3.8) is 0 Å². The first-order valence-corrected chi connectivity index (χ1v) is 8.42. The van der Waals surface area contributed by atoms with Crippen LogP contribution in [0.4, 0.5) is 5.95 Å². The molecule has 0 spiro atoms. The van der Waals surface area contributed by atoms with Crippen molar-refractivity contribution in [2.45, 2.75) is 20.4 Å². The van der Waals surface area contributed by atoms with Crippen molar-refractivity contribution >= 4 is 5.95 Å². The molecule has 1 aromatic carbocycles. The van der Waals surface area contributed by atoms with Gasteiger partial charge in [0.15, 0.2) is 0 Å². The molecule has 26 heavy (non-hydrogen) atoms. The van der Waals surface area contributed by atoms with Crippen LogP contribution in [0.25, 0.3) is 16.9 Å². The molecule has 0 fully saturated rings. The maximum absolute atomic E-state index is 5.08. The second-order valence-corrected chi connectivity index (χ2v) is 6.04. The molecular weight excluding hydrogens is 326 g/mol. The SMILES string of the molecule is Cc1nn(-c2ccccc2)c(C)c1-c1ccnc(NCc2ccoc2)n1. The molecule has 6 nitrogen and oxygen atoms in total. The molecule has 4 aromatic rings. The lowest BCUT2D eigenvalue weighted by molar-refractivity contribution is 0.564. The van der Waals surface area contributed by atoms with Crippen molar-refractivity contribution in [3.05, 3.63) is 78.1 Å². The van der Waals surface area contributed by atoms with E-state index >= 15 is 0 Å². The Kier molecular flexibility index (Phi) is 4.23. The highest BCUT2D eigenvalue weighted by atomic mass is 16.3.